The van der Waals surface area contributed by atoms with Crippen LogP contribution in [0.2, 0.25) is 0 Å². The van der Waals surface area contributed by atoms with Crippen molar-refractivity contribution in [2.75, 3.05) is 24.3 Å². The summed E-state index contributed by atoms with van der Waals surface area (Å²) in [4.78, 5) is 11.6. The Morgan fingerprint density at radius 3 is 2.71 bits per heavy atom. The standard InChI is InChI=1S/C11H16N2O3S/c1-17(15,16)7-3-6-13-11(14)9-4-2-5-10(12)8-9/h2,4-5,8H,3,6-7,12H2,1H3,(H,13,14). The van der Waals surface area contributed by atoms with Gasteiger partial charge in [0.15, 0.2) is 0 Å². The molecule has 5 nitrogen and oxygen atoms in total. The topological polar surface area (TPSA) is 89.3 Å². The van der Waals surface area contributed by atoms with E-state index in [2.05, 4.69) is 5.32 Å². The van der Waals surface area contributed by atoms with E-state index in [1.165, 1.54) is 6.26 Å². The van der Waals surface area contributed by atoms with Gasteiger partial charge in [0.25, 0.3) is 5.91 Å². The third-order valence-electron chi connectivity index (χ3n) is 2.13. The zero-order valence-corrected chi connectivity index (χ0v) is 10.5. The van der Waals surface area contributed by atoms with Crippen molar-refractivity contribution in [2.24, 2.45) is 0 Å². The second-order valence-electron chi connectivity index (χ2n) is 3.86. The van der Waals surface area contributed by atoms with Crippen molar-refractivity contribution in [3.05, 3.63) is 29.8 Å². The third kappa shape index (κ3) is 5.35. The van der Waals surface area contributed by atoms with E-state index in [9.17, 15) is 13.2 Å². The van der Waals surface area contributed by atoms with Crippen LogP contribution in [0.4, 0.5) is 5.69 Å². The van der Waals surface area contributed by atoms with Crippen LogP contribution < -0.4 is 11.1 Å². The van der Waals surface area contributed by atoms with E-state index in [0.717, 1.165) is 0 Å². The lowest BCUT2D eigenvalue weighted by Crippen LogP contribution is -2.25. The molecule has 0 aliphatic carbocycles. The van der Waals surface area contributed by atoms with Gasteiger partial charge < -0.3 is 11.1 Å². The maximum atomic E-state index is 11.6. The van der Waals surface area contributed by atoms with E-state index in [-0.39, 0.29) is 11.7 Å². The van der Waals surface area contributed by atoms with E-state index in [1.807, 2.05) is 0 Å². The Kier molecular flexibility index (Phi) is 4.51. The number of hydrogen-bond donors (Lipinski definition) is 2. The first-order valence-corrected chi connectivity index (χ1v) is 7.26. The summed E-state index contributed by atoms with van der Waals surface area (Å²) in [6, 6.07) is 6.62. The van der Waals surface area contributed by atoms with E-state index in [1.54, 1.807) is 24.3 Å². The molecule has 17 heavy (non-hydrogen) atoms. The fraction of sp³-hybridized carbons (Fsp3) is 0.364. The van der Waals surface area contributed by atoms with Crippen LogP contribution in [0.15, 0.2) is 24.3 Å². The van der Waals surface area contributed by atoms with Crippen LogP contribution >= 0.6 is 0 Å². The van der Waals surface area contributed by atoms with Crippen molar-refractivity contribution in [1.82, 2.24) is 5.32 Å². The molecule has 0 saturated heterocycles. The van der Waals surface area contributed by atoms with Crippen LogP contribution in [0.3, 0.4) is 0 Å². The number of nitrogens with one attached hydrogen (secondary N) is 1. The first-order valence-electron chi connectivity index (χ1n) is 5.20. The van der Waals surface area contributed by atoms with Gasteiger partial charge in [0.1, 0.15) is 9.84 Å². The number of carbonyl (C=O) groups excluding carboxylic acids is 1. The second kappa shape index (κ2) is 5.67. The lowest BCUT2D eigenvalue weighted by molar-refractivity contribution is 0.0953. The predicted molar refractivity (Wildman–Crippen MR) is 67.5 cm³/mol. The first-order chi connectivity index (χ1) is 7.88. The van der Waals surface area contributed by atoms with E-state index in [0.29, 0.717) is 24.2 Å². The van der Waals surface area contributed by atoms with Gasteiger partial charge in [-0.2, -0.15) is 0 Å². The molecule has 0 spiro atoms. The Morgan fingerprint density at radius 1 is 1.41 bits per heavy atom. The van der Waals surface area contributed by atoms with Gasteiger partial charge in [-0.3, -0.25) is 4.79 Å². The Balaban J connectivity index is 2.41. The number of rotatable bonds is 5. The fourth-order valence-corrected chi connectivity index (χ4v) is 1.99. The Hall–Kier alpha value is -1.56. The maximum absolute atomic E-state index is 11.6. The Morgan fingerprint density at radius 2 is 2.12 bits per heavy atom. The van der Waals surface area contributed by atoms with Crippen molar-refractivity contribution in [2.45, 2.75) is 6.42 Å². The third-order valence-corrected chi connectivity index (χ3v) is 3.16. The van der Waals surface area contributed by atoms with Gasteiger partial charge in [-0.05, 0) is 24.6 Å². The number of carbonyl (C=O) groups is 1. The summed E-state index contributed by atoms with van der Waals surface area (Å²) in [6.45, 7) is 0.334. The molecule has 0 unspecified atom stereocenters. The number of amides is 1. The first kappa shape index (κ1) is 13.5. The monoisotopic (exact) mass is 256 g/mol. The van der Waals surface area contributed by atoms with Crippen LogP contribution in [0, 0.1) is 0 Å². The summed E-state index contributed by atoms with van der Waals surface area (Å²) >= 11 is 0. The molecule has 0 fully saturated rings. The van der Waals surface area contributed by atoms with Crippen LogP contribution in [0.5, 0.6) is 0 Å². The number of benzene rings is 1. The molecule has 1 aromatic carbocycles. The summed E-state index contributed by atoms with van der Waals surface area (Å²) in [5.41, 5.74) is 6.55. The van der Waals surface area contributed by atoms with Crippen molar-refractivity contribution in [3.63, 3.8) is 0 Å². The Labute approximate surface area is 101 Å². The molecule has 1 aromatic rings. The molecule has 94 valence electrons. The van der Waals surface area contributed by atoms with Crippen LogP contribution in [-0.2, 0) is 9.84 Å². The van der Waals surface area contributed by atoms with Gasteiger partial charge in [0.2, 0.25) is 0 Å². The molecule has 1 rings (SSSR count). The average molecular weight is 256 g/mol. The molecule has 0 bridgehead atoms. The Bertz CT molecular complexity index is 497. The quantitative estimate of drug-likeness (QED) is 0.590. The summed E-state index contributed by atoms with van der Waals surface area (Å²) in [6.07, 6.45) is 1.58. The number of sulfone groups is 1. The minimum Gasteiger partial charge on any atom is -0.399 e. The van der Waals surface area contributed by atoms with E-state index < -0.39 is 9.84 Å². The molecule has 0 saturated carbocycles. The lowest BCUT2D eigenvalue weighted by Gasteiger charge is -2.05. The van der Waals surface area contributed by atoms with Gasteiger partial charge in [-0.15, -0.1) is 0 Å². The van der Waals surface area contributed by atoms with Crippen LogP contribution in [0.25, 0.3) is 0 Å². The predicted octanol–water partition coefficient (Wildman–Crippen LogP) is 0.433. The lowest BCUT2D eigenvalue weighted by atomic mass is 10.2. The van der Waals surface area contributed by atoms with Gasteiger partial charge in [-0.1, -0.05) is 6.07 Å². The number of anilines is 1. The fourth-order valence-electron chi connectivity index (χ4n) is 1.32. The molecule has 0 aliphatic rings. The van der Waals surface area contributed by atoms with Gasteiger partial charge in [0, 0.05) is 24.1 Å². The highest BCUT2D eigenvalue weighted by atomic mass is 32.2. The van der Waals surface area contributed by atoms with Gasteiger partial charge in [-0.25, -0.2) is 8.42 Å². The second-order valence-corrected chi connectivity index (χ2v) is 6.12. The molecule has 0 radical (unpaired) electrons. The van der Waals surface area contributed by atoms with Crippen molar-refractivity contribution >= 4 is 21.4 Å². The van der Waals surface area contributed by atoms with E-state index >= 15 is 0 Å². The number of nitrogens with two attached hydrogens (primary N) is 1. The summed E-state index contributed by atoms with van der Waals surface area (Å²) in [5.74, 6) is -0.171. The molecule has 3 N–H and O–H groups in total. The number of hydrogen-bond acceptors (Lipinski definition) is 4. The summed E-state index contributed by atoms with van der Waals surface area (Å²) < 4.78 is 21.7. The summed E-state index contributed by atoms with van der Waals surface area (Å²) in [7, 11) is -2.96. The molecule has 0 aliphatic heterocycles. The summed E-state index contributed by atoms with van der Waals surface area (Å²) in [5, 5.41) is 2.64. The molecule has 0 heterocycles. The van der Waals surface area contributed by atoms with Crippen molar-refractivity contribution < 1.29 is 13.2 Å². The van der Waals surface area contributed by atoms with Crippen LogP contribution in [0.1, 0.15) is 16.8 Å². The minimum absolute atomic E-state index is 0.0736. The zero-order chi connectivity index (χ0) is 12.9. The minimum atomic E-state index is -2.96. The maximum Gasteiger partial charge on any atom is 0.251 e. The normalized spacial score (nSPS) is 11.1. The smallest absolute Gasteiger partial charge is 0.251 e. The molecule has 1 amide bonds. The zero-order valence-electron chi connectivity index (χ0n) is 9.64. The van der Waals surface area contributed by atoms with Gasteiger partial charge in [0.05, 0.1) is 5.75 Å². The van der Waals surface area contributed by atoms with Gasteiger partial charge >= 0.3 is 0 Å². The molecular weight excluding hydrogens is 240 g/mol. The highest BCUT2D eigenvalue weighted by Gasteiger charge is 2.06. The molecular formula is C11H16N2O3S. The molecule has 0 aromatic heterocycles. The highest BCUT2D eigenvalue weighted by Crippen LogP contribution is 2.05. The highest BCUT2D eigenvalue weighted by molar-refractivity contribution is 7.90. The molecule has 0 atom stereocenters. The van der Waals surface area contributed by atoms with Crippen LogP contribution in [-0.4, -0.2) is 32.9 Å². The SMILES string of the molecule is CS(=O)(=O)CCCNC(=O)c1cccc(N)c1. The average Bonchev–Trinajstić information content (AvgIpc) is 2.23. The van der Waals surface area contributed by atoms with Crippen molar-refractivity contribution in [1.29, 1.82) is 0 Å². The number of nitrogen functional groups attached to an aromatic ring is 1. The van der Waals surface area contributed by atoms with E-state index in [4.69, 9.17) is 5.73 Å². The largest absolute Gasteiger partial charge is 0.399 e. The molecule has 6 heteroatoms. The van der Waals surface area contributed by atoms with Crippen molar-refractivity contribution in [3.8, 4) is 0 Å².